The summed E-state index contributed by atoms with van der Waals surface area (Å²) in [7, 11) is 0. The molecule has 1 saturated carbocycles. The minimum atomic E-state index is 0.505. The smallest absolute Gasteiger partial charge is 0.0598 e. The van der Waals surface area contributed by atoms with Gasteiger partial charge in [-0.3, -0.25) is 0 Å². The molecule has 0 unspecified atom stereocenters. The van der Waals surface area contributed by atoms with Crippen LogP contribution in [0.25, 0.3) is 6.08 Å². The van der Waals surface area contributed by atoms with Gasteiger partial charge in [-0.2, -0.15) is 0 Å². The zero-order chi connectivity index (χ0) is 15.2. The lowest BCUT2D eigenvalue weighted by Gasteiger charge is -2.26. The van der Waals surface area contributed by atoms with Crippen LogP contribution in [0.1, 0.15) is 51.5 Å². The standard InChI is InChI=1S/C18H25Cl2N/c1-13(2)21-12-16(15-6-4-3-5-7-15)10-14-8-9-17(19)18(20)11-14/h8-11,13,15,21H,3-7,12H2,1-2H3/b16-10-. The molecule has 3 heteroatoms. The molecule has 1 aromatic carbocycles. The fraction of sp³-hybridized carbons (Fsp3) is 0.556. The topological polar surface area (TPSA) is 12.0 Å². The molecule has 0 aliphatic heterocycles. The van der Waals surface area contributed by atoms with Crippen molar-refractivity contribution in [3.63, 3.8) is 0 Å². The van der Waals surface area contributed by atoms with Gasteiger partial charge in [0, 0.05) is 12.6 Å². The molecule has 1 N–H and O–H groups in total. The lowest BCUT2D eigenvalue weighted by molar-refractivity contribution is 0.394. The third-order valence-electron chi connectivity index (χ3n) is 4.14. The molecule has 0 saturated heterocycles. The number of rotatable bonds is 5. The van der Waals surface area contributed by atoms with Crippen molar-refractivity contribution < 1.29 is 0 Å². The van der Waals surface area contributed by atoms with Gasteiger partial charge in [-0.05, 0) is 36.5 Å². The van der Waals surface area contributed by atoms with E-state index in [-0.39, 0.29) is 0 Å². The first-order chi connectivity index (χ1) is 10.1. The maximum atomic E-state index is 6.13. The van der Waals surface area contributed by atoms with E-state index in [0.29, 0.717) is 22.0 Å². The molecule has 0 radical (unpaired) electrons. The molecule has 1 aromatic rings. The van der Waals surface area contributed by atoms with Gasteiger partial charge >= 0.3 is 0 Å². The van der Waals surface area contributed by atoms with Crippen molar-refractivity contribution in [2.45, 2.75) is 52.0 Å². The molecule has 21 heavy (non-hydrogen) atoms. The fourth-order valence-corrected chi connectivity index (χ4v) is 3.23. The Kier molecular flexibility index (Phi) is 6.60. The third-order valence-corrected chi connectivity index (χ3v) is 4.88. The molecule has 0 heterocycles. The van der Waals surface area contributed by atoms with Crippen molar-refractivity contribution >= 4 is 29.3 Å². The Morgan fingerprint density at radius 2 is 1.90 bits per heavy atom. The molecule has 1 aliphatic rings. The van der Waals surface area contributed by atoms with Crippen molar-refractivity contribution in [3.8, 4) is 0 Å². The number of benzene rings is 1. The zero-order valence-electron chi connectivity index (χ0n) is 13.0. The molecule has 1 aliphatic carbocycles. The second-order valence-corrected chi connectivity index (χ2v) is 7.08. The molecule has 116 valence electrons. The summed E-state index contributed by atoms with van der Waals surface area (Å²) >= 11 is 12.1. The van der Waals surface area contributed by atoms with E-state index in [4.69, 9.17) is 23.2 Å². The van der Waals surface area contributed by atoms with E-state index >= 15 is 0 Å². The van der Waals surface area contributed by atoms with Crippen LogP contribution in [0, 0.1) is 5.92 Å². The van der Waals surface area contributed by atoms with E-state index in [1.807, 2.05) is 18.2 Å². The van der Waals surface area contributed by atoms with E-state index in [0.717, 1.165) is 12.1 Å². The van der Waals surface area contributed by atoms with Gasteiger partial charge in [0.25, 0.3) is 0 Å². The van der Waals surface area contributed by atoms with E-state index in [1.165, 1.54) is 37.7 Å². The average molecular weight is 326 g/mol. The normalized spacial score (nSPS) is 17.5. The maximum absolute atomic E-state index is 6.13. The van der Waals surface area contributed by atoms with Crippen molar-refractivity contribution in [3.05, 3.63) is 39.4 Å². The van der Waals surface area contributed by atoms with Gasteiger partial charge in [0.2, 0.25) is 0 Å². The van der Waals surface area contributed by atoms with Gasteiger partial charge < -0.3 is 5.32 Å². The van der Waals surface area contributed by atoms with Gasteiger partial charge in [-0.25, -0.2) is 0 Å². The molecule has 0 aromatic heterocycles. The Morgan fingerprint density at radius 3 is 2.52 bits per heavy atom. The van der Waals surface area contributed by atoms with Crippen LogP contribution in [0.4, 0.5) is 0 Å². The summed E-state index contributed by atoms with van der Waals surface area (Å²) in [5.74, 6) is 0.708. The van der Waals surface area contributed by atoms with Crippen LogP contribution in [0.3, 0.4) is 0 Å². The molecule has 0 bridgehead atoms. The highest BCUT2D eigenvalue weighted by Gasteiger charge is 2.18. The first-order valence-corrected chi connectivity index (χ1v) is 8.70. The predicted octanol–water partition coefficient (Wildman–Crippen LogP) is 5.96. The van der Waals surface area contributed by atoms with E-state index in [2.05, 4.69) is 25.2 Å². The van der Waals surface area contributed by atoms with E-state index in [9.17, 15) is 0 Å². The second kappa shape index (κ2) is 8.22. The molecule has 0 amide bonds. The van der Waals surface area contributed by atoms with Crippen LogP contribution in [0.5, 0.6) is 0 Å². The summed E-state index contributed by atoms with van der Waals surface area (Å²) in [6, 6.07) is 6.39. The first-order valence-electron chi connectivity index (χ1n) is 7.95. The highest BCUT2D eigenvalue weighted by molar-refractivity contribution is 6.42. The quantitative estimate of drug-likeness (QED) is 0.704. The van der Waals surface area contributed by atoms with Gasteiger partial charge in [0.1, 0.15) is 0 Å². The molecule has 0 spiro atoms. The molecule has 2 rings (SSSR count). The van der Waals surface area contributed by atoms with E-state index in [1.54, 1.807) is 0 Å². The Morgan fingerprint density at radius 1 is 1.19 bits per heavy atom. The highest BCUT2D eigenvalue weighted by atomic mass is 35.5. The first kappa shape index (κ1) is 16.9. The Balaban J connectivity index is 2.19. The van der Waals surface area contributed by atoms with Crippen molar-refractivity contribution in [1.29, 1.82) is 0 Å². The monoisotopic (exact) mass is 325 g/mol. The summed E-state index contributed by atoms with van der Waals surface area (Å²) in [4.78, 5) is 0. The predicted molar refractivity (Wildman–Crippen MR) is 94.2 cm³/mol. The van der Waals surface area contributed by atoms with Crippen molar-refractivity contribution in [2.75, 3.05) is 6.54 Å². The minimum Gasteiger partial charge on any atom is -0.311 e. The van der Waals surface area contributed by atoms with Gasteiger partial charge in [0.15, 0.2) is 0 Å². The molecular weight excluding hydrogens is 301 g/mol. The SMILES string of the molecule is CC(C)NC/C(=C/c1ccc(Cl)c(Cl)c1)C1CCCCC1. The van der Waals surface area contributed by atoms with Crippen molar-refractivity contribution in [2.24, 2.45) is 5.92 Å². The Bertz CT molecular complexity index is 488. The van der Waals surface area contributed by atoms with Gasteiger partial charge in [-0.1, -0.05) is 74.0 Å². The van der Waals surface area contributed by atoms with Crippen molar-refractivity contribution in [1.82, 2.24) is 5.32 Å². The number of hydrogen-bond donors (Lipinski definition) is 1. The van der Waals surface area contributed by atoms with Crippen LogP contribution >= 0.6 is 23.2 Å². The summed E-state index contributed by atoms with van der Waals surface area (Å²) < 4.78 is 0. The Labute approximate surface area is 138 Å². The number of hydrogen-bond acceptors (Lipinski definition) is 1. The Hall–Kier alpha value is -0.500. The lowest BCUT2D eigenvalue weighted by Crippen LogP contribution is -2.27. The summed E-state index contributed by atoms with van der Waals surface area (Å²) in [6.07, 6.45) is 9.01. The van der Waals surface area contributed by atoms with Gasteiger partial charge in [0.05, 0.1) is 10.0 Å². The van der Waals surface area contributed by atoms with Crippen LogP contribution in [0.2, 0.25) is 10.0 Å². The maximum Gasteiger partial charge on any atom is 0.0598 e. The molecular formula is C18H25Cl2N. The molecule has 1 fully saturated rings. The average Bonchev–Trinajstić information content (AvgIpc) is 2.48. The molecule has 0 atom stereocenters. The number of nitrogens with one attached hydrogen (secondary N) is 1. The summed E-state index contributed by atoms with van der Waals surface area (Å²) in [5, 5.41) is 4.81. The fourth-order valence-electron chi connectivity index (χ4n) is 2.92. The molecule has 1 nitrogen and oxygen atoms in total. The second-order valence-electron chi connectivity index (χ2n) is 6.26. The minimum absolute atomic E-state index is 0.505. The van der Waals surface area contributed by atoms with E-state index < -0.39 is 0 Å². The van der Waals surface area contributed by atoms with Crippen LogP contribution < -0.4 is 5.32 Å². The highest BCUT2D eigenvalue weighted by Crippen LogP contribution is 2.31. The van der Waals surface area contributed by atoms with Crippen LogP contribution in [0.15, 0.2) is 23.8 Å². The summed E-state index contributed by atoms with van der Waals surface area (Å²) in [6.45, 7) is 5.35. The van der Waals surface area contributed by atoms with Gasteiger partial charge in [-0.15, -0.1) is 0 Å². The zero-order valence-corrected chi connectivity index (χ0v) is 14.5. The largest absolute Gasteiger partial charge is 0.311 e. The van der Waals surface area contributed by atoms with Crippen LogP contribution in [-0.4, -0.2) is 12.6 Å². The lowest BCUT2D eigenvalue weighted by atomic mass is 9.83. The van der Waals surface area contributed by atoms with Crippen LogP contribution in [-0.2, 0) is 0 Å². The summed E-state index contributed by atoms with van der Waals surface area (Å²) in [5.41, 5.74) is 2.65. The number of halogens is 2. The third kappa shape index (κ3) is 5.32.